The lowest BCUT2D eigenvalue weighted by Gasteiger charge is -2.22. The maximum absolute atomic E-state index is 10.9. The highest BCUT2D eigenvalue weighted by molar-refractivity contribution is 7.79. The van der Waals surface area contributed by atoms with E-state index < -0.39 is 16.4 Å². The van der Waals surface area contributed by atoms with Gasteiger partial charge in [0.15, 0.2) is 0 Å². The number of benzene rings is 2. The number of nitrogens with one attached hydrogen (secondary N) is 1. The fourth-order valence-corrected chi connectivity index (χ4v) is 3.33. The summed E-state index contributed by atoms with van der Waals surface area (Å²) in [6, 6.07) is 15.3. The van der Waals surface area contributed by atoms with Gasteiger partial charge in [-0.2, -0.15) is 13.5 Å². The second-order valence-electron chi connectivity index (χ2n) is 7.10. The number of hydrazone groups is 1. The van der Waals surface area contributed by atoms with E-state index in [1.807, 2.05) is 6.92 Å². The van der Waals surface area contributed by atoms with E-state index >= 15 is 0 Å². The van der Waals surface area contributed by atoms with Gasteiger partial charge in [-0.1, -0.05) is 43.5 Å². The van der Waals surface area contributed by atoms with Gasteiger partial charge < -0.3 is 5.11 Å². The van der Waals surface area contributed by atoms with Crippen molar-refractivity contribution in [3.8, 4) is 0 Å². The Balaban J connectivity index is 0.000000575. The number of carboxylic acid groups (broad SMARTS) is 1. The molecule has 0 amide bonds. The van der Waals surface area contributed by atoms with E-state index in [1.165, 1.54) is 37.7 Å². The number of hydrogen-bond acceptors (Lipinski definition) is 5. The van der Waals surface area contributed by atoms with Crippen LogP contribution in [0.4, 0.5) is 5.69 Å². The molecule has 0 heterocycles. The molecule has 1 saturated carbocycles. The molecule has 0 aromatic heterocycles. The van der Waals surface area contributed by atoms with Gasteiger partial charge in [0.2, 0.25) is 0 Å². The number of anilines is 1. The van der Waals surface area contributed by atoms with Gasteiger partial charge in [0.05, 0.1) is 17.0 Å². The Morgan fingerprint density at radius 3 is 1.93 bits per heavy atom. The van der Waals surface area contributed by atoms with Gasteiger partial charge in [-0.15, -0.1) is 0 Å². The molecular weight excluding hydrogens is 408 g/mol. The molecule has 1 fully saturated rings. The number of aromatic carboxylic acids is 1. The number of nitrogens with zero attached hydrogens (tertiary/aromatic N) is 1. The normalized spacial score (nSPS) is 15.1. The first-order valence-corrected chi connectivity index (χ1v) is 11.0. The first-order chi connectivity index (χ1) is 14.1. The lowest BCUT2D eigenvalue weighted by molar-refractivity contribution is 0.0697. The van der Waals surface area contributed by atoms with Crippen LogP contribution in [0.5, 0.6) is 0 Å². The van der Waals surface area contributed by atoms with Crippen LogP contribution in [0.1, 0.15) is 66.4 Å². The van der Waals surface area contributed by atoms with Gasteiger partial charge in [-0.05, 0) is 61.1 Å². The monoisotopic (exact) mass is 434 g/mol. The summed E-state index contributed by atoms with van der Waals surface area (Å²) in [5, 5.41) is 13.3. The zero-order valence-corrected chi connectivity index (χ0v) is 17.5. The predicted octanol–water partition coefficient (Wildman–Crippen LogP) is 4.62. The third-order valence-electron chi connectivity index (χ3n) is 4.89. The Hall–Kier alpha value is -2.75. The summed E-state index contributed by atoms with van der Waals surface area (Å²) in [6.45, 7) is 1.97. The molecule has 0 aliphatic heterocycles. The van der Waals surface area contributed by atoms with Crippen molar-refractivity contribution in [3.63, 3.8) is 0 Å². The maximum atomic E-state index is 10.9. The highest BCUT2D eigenvalue weighted by atomic mass is 32.3. The third kappa shape index (κ3) is 8.32. The van der Waals surface area contributed by atoms with Crippen molar-refractivity contribution in [2.24, 2.45) is 5.10 Å². The van der Waals surface area contributed by atoms with E-state index in [0.29, 0.717) is 5.92 Å². The van der Waals surface area contributed by atoms with E-state index in [-0.39, 0.29) is 5.56 Å². The minimum absolute atomic E-state index is 0.268. The van der Waals surface area contributed by atoms with E-state index in [0.717, 1.165) is 17.0 Å². The second-order valence-corrected chi connectivity index (χ2v) is 7.99. The van der Waals surface area contributed by atoms with Gasteiger partial charge in [0.1, 0.15) is 0 Å². The van der Waals surface area contributed by atoms with Crippen LogP contribution in [0.2, 0.25) is 0 Å². The standard InChI is InChI=1S/C21H24N2O2.H2O4S/c1-15(22-23-20-13-11-19(12-14-20)21(24)25)16-7-9-18(10-8-16)17-5-3-2-4-6-17;1-5(2,3)4/h7-14,17,23H,2-6H2,1H3,(H,24,25);(H2,1,2,3,4)/b22-15+;. The lowest BCUT2D eigenvalue weighted by atomic mass is 9.84. The molecule has 8 nitrogen and oxygen atoms in total. The molecule has 1 aliphatic rings. The summed E-state index contributed by atoms with van der Waals surface area (Å²) in [6.07, 6.45) is 6.68. The quantitative estimate of drug-likeness (QED) is 0.306. The van der Waals surface area contributed by atoms with Crippen molar-refractivity contribution in [2.75, 3.05) is 5.43 Å². The smallest absolute Gasteiger partial charge is 0.394 e. The van der Waals surface area contributed by atoms with Gasteiger partial charge >= 0.3 is 16.4 Å². The van der Waals surface area contributed by atoms with Crippen LogP contribution < -0.4 is 5.43 Å². The fourth-order valence-electron chi connectivity index (χ4n) is 3.33. The summed E-state index contributed by atoms with van der Waals surface area (Å²) in [7, 11) is -4.67. The summed E-state index contributed by atoms with van der Waals surface area (Å²) in [5.74, 6) is -0.213. The average molecular weight is 435 g/mol. The van der Waals surface area contributed by atoms with Crippen LogP contribution in [0.3, 0.4) is 0 Å². The number of rotatable bonds is 5. The topological polar surface area (TPSA) is 136 Å². The molecular formula is C21H26N2O6S. The molecule has 9 heteroatoms. The van der Waals surface area contributed by atoms with Crippen molar-refractivity contribution < 1.29 is 27.4 Å². The van der Waals surface area contributed by atoms with Crippen molar-refractivity contribution in [1.29, 1.82) is 0 Å². The van der Waals surface area contributed by atoms with E-state index in [2.05, 4.69) is 34.8 Å². The van der Waals surface area contributed by atoms with Gasteiger partial charge in [0, 0.05) is 0 Å². The van der Waals surface area contributed by atoms with Crippen molar-refractivity contribution in [3.05, 3.63) is 65.2 Å². The largest absolute Gasteiger partial charge is 0.478 e. The Labute approximate surface area is 176 Å². The fraction of sp³-hybridized carbons (Fsp3) is 0.333. The average Bonchev–Trinajstić information content (AvgIpc) is 2.72. The molecule has 162 valence electrons. The molecule has 1 aliphatic carbocycles. The summed E-state index contributed by atoms with van der Waals surface area (Å²) >= 11 is 0. The Morgan fingerprint density at radius 2 is 1.43 bits per heavy atom. The zero-order valence-electron chi connectivity index (χ0n) is 16.7. The molecule has 2 aromatic rings. The highest BCUT2D eigenvalue weighted by Gasteiger charge is 2.15. The zero-order chi connectivity index (χ0) is 22.1. The van der Waals surface area contributed by atoms with E-state index in [9.17, 15) is 4.79 Å². The number of carbonyl (C=O) groups is 1. The summed E-state index contributed by atoms with van der Waals surface area (Å²) in [4.78, 5) is 10.9. The number of carboxylic acids is 1. The first-order valence-electron chi connectivity index (χ1n) is 9.57. The SMILES string of the molecule is C/C(=N\Nc1ccc(C(=O)O)cc1)c1ccc(C2CCCCC2)cc1.O=S(=O)(O)O. The molecule has 0 saturated heterocycles. The molecule has 0 radical (unpaired) electrons. The molecule has 4 N–H and O–H groups in total. The van der Waals surface area contributed by atoms with Crippen LogP contribution in [-0.2, 0) is 10.4 Å². The summed E-state index contributed by atoms with van der Waals surface area (Å²) < 4.78 is 31.6. The Bertz CT molecular complexity index is 956. The van der Waals surface area contributed by atoms with Crippen LogP contribution in [-0.4, -0.2) is 34.3 Å². The molecule has 0 unspecified atom stereocenters. The number of hydrogen-bond donors (Lipinski definition) is 4. The molecule has 3 rings (SSSR count). The lowest BCUT2D eigenvalue weighted by Crippen LogP contribution is -2.05. The van der Waals surface area contributed by atoms with Crippen LogP contribution in [0.15, 0.2) is 53.6 Å². The summed E-state index contributed by atoms with van der Waals surface area (Å²) in [5.41, 5.74) is 7.45. The van der Waals surface area contributed by atoms with Gasteiger partial charge in [-0.25, -0.2) is 4.79 Å². The molecule has 0 bridgehead atoms. The second kappa shape index (κ2) is 10.9. The van der Waals surface area contributed by atoms with Crippen molar-refractivity contribution in [2.45, 2.75) is 44.9 Å². The van der Waals surface area contributed by atoms with Crippen molar-refractivity contribution in [1.82, 2.24) is 0 Å². The van der Waals surface area contributed by atoms with Crippen LogP contribution in [0, 0.1) is 0 Å². The Kier molecular flexibility index (Phi) is 8.52. The molecule has 2 aromatic carbocycles. The molecule has 0 spiro atoms. The molecule has 30 heavy (non-hydrogen) atoms. The van der Waals surface area contributed by atoms with E-state index in [4.69, 9.17) is 22.6 Å². The first kappa shape index (κ1) is 23.5. The highest BCUT2D eigenvalue weighted by Crippen LogP contribution is 2.32. The van der Waals surface area contributed by atoms with Crippen molar-refractivity contribution >= 4 is 27.8 Å². The van der Waals surface area contributed by atoms with E-state index in [1.54, 1.807) is 24.3 Å². The van der Waals surface area contributed by atoms with Gasteiger partial charge in [-0.3, -0.25) is 14.5 Å². The Morgan fingerprint density at radius 1 is 0.933 bits per heavy atom. The maximum Gasteiger partial charge on any atom is 0.394 e. The van der Waals surface area contributed by atoms with Crippen LogP contribution in [0.25, 0.3) is 0 Å². The molecule has 0 atom stereocenters. The minimum atomic E-state index is -4.67. The van der Waals surface area contributed by atoms with Gasteiger partial charge in [0.25, 0.3) is 0 Å². The third-order valence-corrected chi connectivity index (χ3v) is 4.89. The predicted molar refractivity (Wildman–Crippen MR) is 116 cm³/mol. The van der Waals surface area contributed by atoms with Crippen LogP contribution >= 0.6 is 0 Å². The minimum Gasteiger partial charge on any atom is -0.478 e.